The fraction of sp³-hybridized carbons (Fsp3) is 0.857. The zero-order chi connectivity index (χ0) is 18.1. The van der Waals surface area contributed by atoms with Crippen LogP contribution in [0.4, 0.5) is 5.13 Å². The highest BCUT2D eigenvalue weighted by Crippen LogP contribution is 2.36. The molecule has 0 amide bonds. The van der Waals surface area contributed by atoms with Crippen LogP contribution >= 0.6 is 11.3 Å². The van der Waals surface area contributed by atoms with Gasteiger partial charge < -0.3 is 9.94 Å². The Bertz CT molecular complexity index is 691. The minimum atomic E-state index is -3.46. The largest absolute Gasteiger partial charge is 0.623 e. The molecule has 142 valence electrons. The Labute approximate surface area is 152 Å². The Morgan fingerprint density at radius 1 is 1.36 bits per heavy atom. The summed E-state index contributed by atoms with van der Waals surface area (Å²) in [6.45, 7) is 5.39. The molecular formula is C14H25N5O4S2. The summed E-state index contributed by atoms with van der Waals surface area (Å²) in [4.78, 5) is 4.08. The summed E-state index contributed by atoms with van der Waals surface area (Å²) < 4.78 is 29.3. The van der Waals surface area contributed by atoms with Crippen LogP contribution in [0.2, 0.25) is 0 Å². The second-order valence-electron chi connectivity index (χ2n) is 6.63. The molecule has 2 aliphatic rings. The van der Waals surface area contributed by atoms with E-state index >= 15 is 0 Å². The van der Waals surface area contributed by atoms with Crippen molar-refractivity contribution in [3.05, 3.63) is 5.21 Å². The summed E-state index contributed by atoms with van der Waals surface area (Å²) in [5.74, 6) is 0.0454. The van der Waals surface area contributed by atoms with Gasteiger partial charge >= 0.3 is 5.13 Å². The first-order valence-corrected chi connectivity index (χ1v) is 11.0. The number of quaternary nitrogens is 1. The van der Waals surface area contributed by atoms with Crippen molar-refractivity contribution in [2.45, 2.75) is 30.3 Å². The predicted octanol–water partition coefficient (Wildman–Crippen LogP) is 0.478. The molecule has 11 heteroatoms. The van der Waals surface area contributed by atoms with Crippen LogP contribution in [0.15, 0.2) is 4.34 Å². The van der Waals surface area contributed by atoms with Crippen molar-refractivity contribution in [2.24, 2.45) is 0 Å². The quantitative estimate of drug-likeness (QED) is 0.510. The van der Waals surface area contributed by atoms with Gasteiger partial charge in [0.1, 0.15) is 6.67 Å². The van der Waals surface area contributed by atoms with Gasteiger partial charge in [0.05, 0.1) is 25.5 Å². The standard InChI is InChI=1S/C14H25N5O4S2/c1-3-4-9-25(21,22)14-16-15-13(24-14)19(20)11-17(2)10-12(19)18-5-7-23-8-6-18/h12H,3-11H2,1-2H3. The first-order valence-electron chi connectivity index (χ1n) is 8.53. The number of aromatic nitrogens is 2. The number of likely N-dealkylation sites (N-methyl/N-ethyl adjacent to an activating group) is 1. The zero-order valence-corrected chi connectivity index (χ0v) is 16.3. The van der Waals surface area contributed by atoms with E-state index in [0.29, 0.717) is 39.3 Å². The summed E-state index contributed by atoms with van der Waals surface area (Å²) >= 11 is 0.921. The van der Waals surface area contributed by atoms with Gasteiger partial charge in [-0.05, 0) is 24.8 Å². The highest BCUT2D eigenvalue weighted by Gasteiger charge is 2.46. The fourth-order valence-corrected chi connectivity index (χ4v) is 5.91. The average Bonchev–Trinajstić information content (AvgIpc) is 3.20. The van der Waals surface area contributed by atoms with E-state index in [1.165, 1.54) is 0 Å². The molecule has 2 unspecified atom stereocenters. The van der Waals surface area contributed by atoms with Crippen molar-refractivity contribution < 1.29 is 13.2 Å². The first-order chi connectivity index (χ1) is 11.9. The van der Waals surface area contributed by atoms with Gasteiger partial charge in [-0.3, -0.25) is 9.55 Å². The maximum absolute atomic E-state index is 13.6. The second kappa shape index (κ2) is 7.51. The van der Waals surface area contributed by atoms with Crippen molar-refractivity contribution >= 4 is 26.3 Å². The molecule has 25 heavy (non-hydrogen) atoms. The molecule has 0 saturated carbocycles. The van der Waals surface area contributed by atoms with Crippen molar-refractivity contribution in [1.29, 1.82) is 0 Å². The van der Waals surface area contributed by atoms with E-state index in [0.717, 1.165) is 17.8 Å². The Kier molecular flexibility index (Phi) is 5.73. The Morgan fingerprint density at radius 2 is 2.08 bits per heavy atom. The lowest BCUT2D eigenvalue weighted by molar-refractivity contribution is -0.00410. The van der Waals surface area contributed by atoms with E-state index in [4.69, 9.17) is 4.74 Å². The number of hydrogen-bond donors (Lipinski definition) is 0. The molecule has 1 aromatic rings. The monoisotopic (exact) mass is 391 g/mol. The number of rotatable bonds is 6. The van der Waals surface area contributed by atoms with E-state index in [9.17, 15) is 13.6 Å². The zero-order valence-electron chi connectivity index (χ0n) is 14.6. The highest BCUT2D eigenvalue weighted by molar-refractivity contribution is 7.93. The Morgan fingerprint density at radius 3 is 2.76 bits per heavy atom. The summed E-state index contributed by atoms with van der Waals surface area (Å²) in [6.07, 6.45) is 1.05. The third-order valence-electron chi connectivity index (χ3n) is 4.63. The van der Waals surface area contributed by atoms with Crippen LogP contribution in [-0.2, 0) is 14.6 Å². The molecule has 2 saturated heterocycles. The van der Waals surface area contributed by atoms with E-state index in [1.54, 1.807) is 0 Å². The van der Waals surface area contributed by atoms with E-state index in [1.807, 2.05) is 18.9 Å². The van der Waals surface area contributed by atoms with Gasteiger partial charge in [-0.15, -0.1) is 5.10 Å². The van der Waals surface area contributed by atoms with E-state index < -0.39 is 14.5 Å². The van der Waals surface area contributed by atoms with Crippen molar-refractivity contribution in [3.8, 4) is 0 Å². The maximum Gasteiger partial charge on any atom is 0.310 e. The average molecular weight is 392 g/mol. The molecule has 3 rings (SSSR count). The highest BCUT2D eigenvalue weighted by atomic mass is 32.2. The van der Waals surface area contributed by atoms with Gasteiger partial charge in [-0.1, -0.05) is 18.4 Å². The molecule has 0 bridgehead atoms. The second-order valence-corrected chi connectivity index (χ2v) is 9.87. The first kappa shape index (κ1) is 19.1. The fourth-order valence-electron chi connectivity index (χ4n) is 3.27. The molecule has 0 aliphatic carbocycles. The Balaban J connectivity index is 1.86. The molecule has 2 atom stereocenters. The molecule has 2 aliphatic heterocycles. The summed E-state index contributed by atoms with van der Waals surface area (Å²) in [7, 11) is -1.57. The van der Waals surface area contributed by atoms with Crippen LogP contribution in [0.25, 0.3) is 0 Å². The molecule has 3 heterocycles. The third-order valence-corrected chi connectivity index (χ3v) is 7.91. The smallest absolute Gasteiger partial charge is 0.310 e. The molecule has 0 aromatic carbocycles. The number of ether oxygens (including phenoxy) is 1. The van der Waals surface area contributed by atoms with E-state index in [-0.39, 0.29) is 28.1 Å². The van der Waals surface area contributed by atoms with Crippen LogP contribution in [0.1, 0.15) is 19.8 Å². The van der Waals surface area contributed by atoms with Crippen LogP contribution in [0.3, 0.4) is 0 Å². The molecule has 9 nitrogen and oxygen atoms in total. The van der Waals surface area contributed by atoms with Crippen LogP contribution in [0.5, 0.6) is 0 Å². The van der Waals surface area contributed by atoms with Gasteiger partial charge in [0.2, 0.25) is 14.2 Å². The van der Waals surface area contributed by atoms with Crippen molar-refractivity contribution in [3.63, 3.8) is 0 Å². The maximum atomic E-state index is 13.6. The number of nitrogens with zero attached hydrogens (tertiary/aromatic N) is 5. The minimum Gasteiger partial charge on any atom is -0.623 e. The van der Waals surface area contributed by atoms with Gasteiger partial charge in [-0.2, -0.15) is 0 Å². The molecule has 0 spiro atoms. The number of hydroxylamine groups is 2. The molecule has 0 N–H and O–H groups in total. The number of sulfone groups is 1. The van der Waals surface area contributed by atoms with Crippen LogP contribution in [0, 0.1) is 5.21 Å². The lowest BCUT2D eigenvalue weighted by Crippen LogP contribution is -2.59. The molecular weight excluding hydrogens is 366 g/mol. The summed E-state index contributed by atoms with van der Waals surface area (Å²) in [5, 5.41) is 21.7. The Hall–Kier alpha value is -0.690. The van der Waals surface area contributed by atoms with Crippen LogP contribution < -0.4 is 4.65 Å². The lowest BCUT2D eigenvalue weighted by Gasteiger charge is -2.45. The number of hydrogen-bond acceptors (Lipinski definition) is 9. The van der Waals surface area contributed by atoms with Gasteiger partial charge in [-0.25, -0.2) is 13.3 Å². The molecule has 0 radical (unpaired) electrons. The number of unbranched alkanes of at least 4 members (excludes halogenated alkanes) is 1. The normalized spacial score (nSPS) is 29.3. The van der Waals surface area contributed by atoms with Gasteiger partial charge in [0.25, 0.3) is 0 Å². The van der Waals surface area contributed by atoms with Crippen molar-refractivity contribution in [2.75, 3.05) is 52.3 Å². The topological polar surface area (TPSA) is 98.7 Å². The van der Waals surface area contributed by atoms with Crippen LogP contribution in [-0.4, -0.2) is 86.9 Å². The van der Waals surface area contributed by atoms with Crippen molar-refractivity contribution in [1.82, 2.24) is 24.6 Å². The van der Waals surface area contributed by atoms with Gasteiger partial charge in [0.15, 0.2) is 6.17 Å². The SMILES string of the molecule is CCCCS(=O)(=O)c1nnc([N+]2([O-])CN(C)CC2N2CCOCC2)s1. The number of morpholine rings is 1. The molecule has 2 fully saturated rings. The minimum absolute atomic E-state index is 0.0421. The summed E-state index contributed by atoms with van der Waals surface area (Å²) in [5.41, 5.74) is 0. The van der Waals surface area contributed by atoms with E-state index in [2.05, 4.69) is 15.1 Å². The lowest BCUT2D eigenvalue weighted by atomic mass is 10.3. The molecule has 1 aromatic heterocycles. The van der Waals surface area contributed by atoms with Gasteiger partial charge in [0, 0.05) is 13.1 Å². The third kappa shape index (κ3) is 3.87. The summed E-state index contributed by atoms with van der Waals surface area (Å²) in [6, 6.07) is 0. The predicted molar refractivity (Wildman–Crippen MR) is 95.7 cm³/mol.